The molecule has 1 unspecified atom stereocenters. The van der Waals surface area contributed by atoms with E-state index < -0.39 is 11.6 Å². The van der Waals surface area contributed by atoms with E-state index in [4.69, 9.17) is 16.3 Å². The number of ether oxygens (including phenoxy) is 1. The van der Waals surface area contributed by atoms with Crippen LogP contribution in [0.2, 0.25) is 5.02 Å². The van der Waals surface area contributed by atoms with Gasteiger partial charge in [-0.1, -0.05) is 23.7 Å². The highest BCUT2D eigenvalue weighted by Gasteiger charge is 2.31. The summed E-state index contributed by atoms with van der Waals surface area (Å²) in [5.74, 6) is -0.607. The molecule has 0 aromatic heterocycles. The Morgan fingerprint density at radius 3 is 2.50 bits per heavy atom. The minimum atomic E-state index is -1.50. The zero-order valence-corrected chi connectivity index (χ0v) is 10.1. The number of rotatable bonds is 4. The van der Waals surface area contributed by atoms with Crippen LogP contribution >= 0.6 is 11.6 Å². The average molecular weight is 243 g/mol. The highest BCUT2D eigenvalue weighted by Crippen LogP contribution is 2.17. The molecule has 0 spiro atoms. The first kappa shape index (κ1) is 13.0. The van der Waals surface area contributed by atoms with E-state index in [0.717, 1.165) is 5.56 Å². The molecule has 1 atom stereocenters. The number of hydrogen-bond donors (Lipinski definition) is 1. The molecule has 0 saturated carbocycles. The largest absolute Gasteiger partial charge is 0.464 e. The summed E-state index contributed by atoms with van der Waals surface area (Å²) >= 11 is 5.74. The van der Waals surface area contributed by atoms with Crippen molar-refractivity contribution in [3.8, 4) is 0 Å². The van der Waals surface area contributed by atoms with E-state index in [1.165, 1.54) is 6.92 Å². The molecule has 1 aromatic rings. The molecule has 0 heterocycles. The minimum absolute atomic E-state index is 0.211. The van der Waals surface area contributed by atoms with Gasteiger partial charge in [-0.3, -0.25) is 0 Å². The summed E-state index contributed by atoms with van der Waals surface area (Å²) in [7, 11) is 0. The molecule has 0 aliphatic rings. The average Bonchev–Trinajstić information content (AvgIpc) is 2.21. The smallest absolute Gasteiger partial charge is 0.338 e. The SMILES string of the molecule is CCOC(=O)C(C)(O)Cc1ccc(Cl)cc1. The molecule has 0 saturated heterocycles. The van der Waals surface area contributed by atoms with Crippen molar-refractivity contribution in [2.45, 2.75) is 25.9 Å². The van der Waals surface area contributed by atoms with Gasteiger partial charge in [0.05, 0.1) is 6.61 Å². The quantitative estimate of drug-likeness (QED) is 0.824. The van der Waals surface area contributed by atoms with E-state index in [0.29, 0.717) is 5.02 Å². The maximum atomic E-state index is 11.4. The lowest BCUT2D eigenvalue weighted by Gasteiger charge is -2.20. The number of carbonyl (C=O) groups is 1. The van der Waals surface area contributed by atoms with Crippen molar-refractivity contribution in [2.24, 2.45) is 0 Å². The van der Waals surface area contributed by atoms with Crippen LogP contribution in [0.4, 0.5) is 0 Å². The van der Waals surface area contributed by atoms with Crippen molar-refractivity contribution in [3.05, 3.63) is 34.9 Å². The lowest BCUT2D eigenvalue weighted by molar-refractivity contribution is -0.162. The summed E-state index contributed by atoms with van der Waals surface area (Å²) in [5.41, 5.74) is -0.661. The summed E-state index contributed by atoms with van der Waals surface area (Å²) in [6, 6.07) is 6.99. The van der Waals surface area contributed by atoms with Crippen LogP contribution in [0.5, 0.6) is 0 Å². The van der Waals surface area contributed by atoms with Gasteiger partial charge in [-0.15, -0.1) is 0 Å². The van der Waals surface area contributed by atoms with Gasteiger partial charge in [-0.25, -0.2) is 4.79 Å². The zero-order valence-electron chi connectivity index (χ0n) is 9.37. The molecule has 3 nitrogen and oxygen atoms in total. The maximum Gasteiger partial charge on any atom is 0.338 e. The Balaban J connectivity index is 2.72. The summed E-state index contributed by atoms with van der Waals surface area (Å²) in [6.45, 7) is 3.41. The first-order valence-electron chi connectivity index (χ1n) is 5.10. The summed E-state index contributed by atoms with van der Waals surface area (Å²) in [5, 5.41) is 10.6. The van der Waals surface area contributed by atoms with Crippen LogP contribution in [0.1, 0.15) is 19.4 Å². The van der Waals surface area contributed by atoms with Crippen molar-refractivity contribution in [1.82, 2.24) is 0 Å². The fourth-order valence-corrected chi connectivity index (χ4v) is 1.48. The number of carbonyl (C=O) groups excluding carboxylic acids is 1. The van der Waals surface area contributed by atoms with Crippen molar-refractivity contribution >= 4 is 17.6 Å². The molecular weight excluding hydrogens is 228 g/mol. The molecule has 0 aliphatic heterocycles. The lowest BCUT2D eigenvalue weighted by Crippen LogP contribution is -2.39. The van der Waals surface area contributed by atoms with Crippen molar-refractivity contribution < 1.29 is 14.6 Å². The van der Waals surface area contributed by atoms with E-state index in [2.05, 4.69) is 0 Å². The number of halogens is 1. The van der Waals surface area contributed by atoms with Crippen LogP contribution in [0.15, 0.2) is 24.3 Å². The van der Waals surface area contributed by atoms with Crippen molar-refractivity contribution in [2.75, 3.05) is 6.61 Å². The molecule has 1 rings (SSSR count). The van der Waals surface area contributed by atoms with Crippen molar-refractivity contribution in [3.63, 3.8) is 0 Å². The van der Waals surface area contributed by atoms with E-state index in [1.807, 2.05) is 0 Å². The van der Waals surface area contributed by atoms with Gasteiger partial charge in [0.2, 0.25) is 0 Å². The molecule has 0 radical (unpaired) electrons. The molecule has 88 valence electrons. The fourth-order valence-electron chi connectivity index (χ4n) is 1.36. The van der Waals surface area contributed by atoms with Crippen molar-refractivity contribution in [1.29, 1.82) is 0 Å². The van der Waals surface area contributed by atoms with Crippen LogP contribution < -0.4 is 0 Å². The molecule has 0 amide bonds. The highest BCUT2D eigenvalue weighted by molar-refractivity contribution is 6.30. The molecule has 0 aliphatic carbocycles. The molecular formula is C12H15ClO3. The molecule has 0 fully saturated rings. The van der Waals surface area contributed by atoms with E-state index in [1.54, 1.807) is 31.2 Å². The topological polar surface area (TPSA) is 46.5 Å². The van der Waals surface area contributed by atoms with Gasteiger partial charge in [-0.2, -0.15) is 0 Å². The van der Waals surface area contributed by atoms with E-state index in [9.17, 15) is 9.90 Å². The summed E-state index contributed by atoms with van der Waals surface area (Å²) < 4.78 is 4.79. The number of hydrogen-bond acceptors (Lipinski definition) is 3. The second kappa shape index (κ2) is 5.32. The van der Waals surface area contributed by atoms with Gasteiger partial charge < -0.3 is 9.84 Å². The fraction of sp³-hybridized carbons (Fsp3) is 0.417. The maximum absolute atomic E-state index is 11.4. The Bertz CT molecular complexity index is 357. The van der Waals surface area contributed by atoms with Crippen LogP contribution in [0, 0.1) is 0 Å². The highest BCUT2D eigenvalue weighted by atomic mass is 35.5. The molecule has 1 aromatic carbocycles. The Kier molecular flexibility index (Phi) is 4.33. The minimum Gasteiger partial charge on any atom is -0.464 e. The normalized spacial score (nSPS) is 14.2. The Morgan fingerprint density at radius 2 is 2.00 bits per heavy atom. The van der Waals surface area contributed by atoms with E-state index in [-0.39, 0.29) is 13.0 Å². The number of aliphatic hydroxyl groups is 1. The second-order valence-corrected chi connectivity index (χ2v) is 4.23. The molecule has 1 N–H and O–H groups in total. The first-order valence-corrected chi connectivity index (χ1v) is 5.47. The van der Waals surface area contributed by atoms with Gasteiger partial charge in [0.15, 0.2) is 5.60 Å². The third kappa shape index (κ3) is 3.51. The van der Waals surface area contributed by atoms with Gasteiger partial charge in [-0.05, 0) is 31.5 Å². The van der Waals surface area contributed by atoms with Crippen LogP contribution in [0.25, 0.3) is 0 Å². The summed E-state index contributed by atoms with van der Waals surface area (Å²) in [4.78, 5) is 11.4. The molecule has 16 heavy (non-hydrogen) atoms. The van der Waals surface area contributed by atoms with Crippen LogP contribution in [0.3, 0.4) is 0 Å². The first-order chi connectivity index (χ1) is 7.45. The Labute approximate surface area is 100.0 Å². The standard InChI is InChI=1S/C12H15ClO3/c1-3-16-11(14)12(2,15)8-9-4-6-10(13)7-5-9/h4-7,15H,3,8H2,1-2H3. The van der Waals surface area contributed by atoms with Gasteiger partial charge in [0.25, 0.3) is 0 Å². The predicted octanol–water partition coefficient (Wildman–Crippen LogP) is 2.20. The summed E-state index contributed by atoms with van der Waals surface area (Å²) in [6.07, 6.45) is 0.211. The third-order valence-electron chi connectivity index (χ3n) is 2.18. The second-order valence-electron chi connectivity index (χ2n) is 3.80. The van der Waals surface area contributed by atoms with Crippen LogP contribution in [-0.4, -0.2) is 23.3 Å². The van der Waals surface area contributed by atoms with E-state index >= 15 is 0 Å². The van der Waals surface area contributed by atoms with Gasteiger partial charge in [0, 0.05) is 11.4 Å². The predicted molar refractivity (Wildman–Crippen MR) is 62.4 cm³/mol. The monoisotopic (exact) mass is 242 g/mol. The third-order valence-corrected chi connectivity index (χ3v) is 2.43. The van der Waals surface area contributed by atoms with Crippen LogP contribution in [-0.2, 0) is 16.0 Å². The zero-order chi connectivity index (χ0) is 12.2. The Morgan fingerprint density at radius 1 is 1.44 bits per heavy atom. The Hall–Kier alpha value is -1.06. The number of benzene rings is 1. The molecule has 4 heteroatoms. The van der Waals surface area contributed by atoms with Gasteiger partial charge in [0.1, 0.15) is 0 Å². The molecule has 0 bridgehead atoms. The van der Waals surface area contributed by atoms with Gasteiger partial charge >= 0.3 is 5.97 Å². The number of esters is 1. The lowest BCUT2D eigenvalue weighted by atomic mass is 9.97.